The average Bonchev–Trinajstić information content (AvgIpc) is 3.12. The van der Waals surface area contributed by atoms with E-state index in [0.717, 1.165) is 18.4 Å². The maximum Gasteiger partial charge on any atom is 0.128 e. The van der Waals surface area contributed by atoms with Crippen LogP contribution in [0.1, 0.15) is 44.6 Å². The lowest BCUT2D eigenvalue weighted by atomic mass is 10.2. The molecule has 1 aliphatic heterocycles. The largest absolute Gasteiger partial charge is 0.354 e. The van der Waals surface area contributed by atoms with Gasteiger partial charge in [0.15, 0.2) is 0 Å². The van der Waals surface area contributed by atoms with E-state index in [9.17, 15) is 0 Å². The van der Waals surface area contributed by atoms with Gasteiger partial charge in [-0.2, -0.15) is 0 Å². The zero-order valence-corrected chi connectivity index (χ0v) is 11.2. The van der Waals surface area contributed by atoms with Crippen molar-refractivity contribution in [3.8, 4) is 0 Å². The van der Waals surface area contributed by atoms with Gasteiger partial charge in [-0.3, -0.25) is 0 Å². The summed E-state index contributed by atoms with van der Waals surface area (Å²) in [4.78, 5) is 7.11. The van der Waals surface area contributed by atoms with E-state index in [1.54, 1.807) is 0 Å². The molecule has 1 aromatic heterocycles. The highest BCUT2D eigenvalue weighted by Crippen LogP contribution is 2.25. The Hall–Kier alpha value is -1.09. The van der Waals surface area contributed by atoms with Gasteiger partial charge in [0.25, 0.3) is 0 Å². The van der Waals surface area contributed by atoms with E-state index >= 15 is 0 Å². The van der Waals surface area contributed by atoms with Gasteiger partial charge in [0.05, 0.1) is 0 Å². The van der Waals surface area contributed by atoms with Crippen LogP contribution in [0.25, 0.3) is 0 Å². The summed E-state index contributed by atoms with van der Waals surface area (Å²) in [6.07, 6.45) is 8.59. The van der Waals surface area contributed by atoms with E-state index in [0.29, 0.717) is 6.04 Å². The summed E-state index contributed by atoms with van der Waals surface area (Å²) in [6.45, 7) is 4.41. The minimum atomic E-state index is 0.702. The Bertz CT molecular complexity index is 383. The van der Waals surface area contributed by atoms with Crippen molar-refractivity contribution in [2.24, 2.45) is 0 Å². The van der Waals surface area contributed by atoms with Crippen molar-refractivity contribution < 1.29 is 0 Å². The SMILES string of the molecule is CCC1CCCN1c1ccc(CNC2CC2)cn1. The Balaban J connectivity index is 1.62. The van der Waals surface area contributed by atoms with Crippen LogP contribution in [0.3, 0.4) is 0 Å². The normalized spacial score (nSPS) is 23.6. The minimum absolute atomic E-state index is 0.702. The predicted molar refractivity (Wildman–Crippen MR) is 74.8 cm³/mol. The summed E-state index contributed by atoms with van der Waals surface area (Å²) in [5, 5.41) is 3.53. The maximum atomic E-state index is 4.64. The van der Waals surface area contributed by atoms with E-state index in [1.165, 1.54) is 44.2 Å². The van der Waals surface area contributed by atoms with Crippen molar-refractivity contribution in [3.05, 3.63) is 23.9 Å². The molecule has 1 aliphatic carbocycles. The molecule has 1 N–H and O–H groups in total. The summed E-state index contributed by atoms with van der Waals surface area (Å²) >= 11 is 0. The molecule has 3 rings (SSSR count). The first-order chi connectivity index (χ1) is 8.86. The van der Waals surface area contributed by atoms with Crippen LogP contribution in [0.4, 0.5) is 5.82 Å². The summed E-state index contributed by atoms with van der Waals surface area (Å²) in [7, 11) is 0. The highest BCUT2D eigenvalue weighted by Gasteiger charge is 2.24. The number of aromatic nitrogens is 1. The molecule has 0 amide bonds. The zero-order valence-electron chi connectivity index (χ0n) is 11.2. The van der Waals surface area contributed by atoms with E-state index in [1.807, 2.05) is 6.20 Å². The van der Waals surface area contributed by atoms with Gasteiger partial charge in [-0.25, -0.2) is 4.98 Å². The lowest BCUT2D eigenvalue weighted by molar-refractivity contribution is 0.639. The van der Waals surface area contributed by atoms with Crippen molar-refractivity contribution in [1.82, 2.24) is 10.3 Å². The molecule has 1 aromatic rings. The quantitative estimate of drug-likeness (QED) is 0.864. The molecule has 1 atom stereocenters. The first-order valence-electron chi connectivity index (χ1n) is 7.32. The molecule has 3 heteroatoms. The van der Waals surface area contributed by atoms with Crippen LogP contribution in [0, 0.1) is 0 Å². The van der Waals surface area contributed by atoms with Crippen molar-refractivity contribution in [3.63, 3.8) is 0 Å². The number of hydrogen-bond donors (Lipinski definition) is 1. The predicted octanol–water partition coefficient (Wildman–Crippen LogP) is 2.71. The molecular weight excluding hydrogens is 222 g/mol. The number of pyridine rings is 1. The first kappa shape index (κ1) is 12.0. The molecule has 0 radical (unpaired) electrons. The third-order valence-corrected chi connectivity index (χ3v) is 4.12. The molecule has 0 bridgehead atoms. The zero-order chi connectivity index (χ0) is 12.4. The summed E-state index contributed by atoms with van der Waals surface area (Å²) in [5.41, 5.74) is 1.30. The molecular formula is C15H23N3. The smallest absolute Gasteiger partial charge is 0.128 e. The summed E-state index contributed by atoms with van der Waals surface area (Å²) in [6, 6.07) is 5.89. The monoisotopic (exact) mass is 245 g/mol. The molecule has 98 valence electrons. The van der Waals surface area contributed by atoms with E-state index in [-0.39, 0.29) is 0 Å². The third kappa shape index (κ3) is 2.66. The average molecular weight is 245 g/mol. The van der Waals surface area contributed by atoms with Gasteiger partial charge in [-0.05, 0) is 43.7 Å². The molecule has 1 saturated carbocycles. The lowest BCUT2D eigenvalue weighted by Gasteiger charge is -2.24. The van der Waals surface area contributed by atoms with Gasteiger partial charge in [0, 0.05) is 31.4 Å². The number of nitrogens with zero attached hydrogens (tertiary/aromatic N) is 2. The van der Waals surface area contributed by atoms with Gasteiger partial charge < -0.3 is 10.2 Å². The highest BCUT2D eigenvalue weighted by atomic mass is 15.2. The number of rotatable bonds is 5. The van der Waals surface area contributed by atoms with Gasteiger partial charge in [-0.15, -0.1) is 0 Å². The van der Waals surface area contributed by atoms with Crippen LogP contribution in [-0.2, 0) is 6.54 Å². The van der Waals surface area contributed by atoms with Gasteiger partial charge >= 0.3 is 0 Å². The molecule has 1 saturated heterocycles. The lowest BCUT2D eigenvalue weighted by Crippen LogP contribution is -2.29. The highest BCUT2D eigenvalue weighted by molar-refractivity contribution is 5.41. The molecule has 2 heterocycles. The molecule has 0 spiro atoms. The number of anilines is 1. The Morgan fingerprint density at radius 3 is 2.89 bits per heavy atom. The van der Waals surface area contributed by atoms with Crippen LogP contribution in [0.5, 0.6) is 0 Å². The van der Waals surface area contributed by atoms with E-state index < -0.39 is 0 Å². The van der Waals surface area contributed by atoms with Gasteiger partial charge in [-0.1, -0.05) is 13.0 Å². The van der Waals surface area contributed by atoms with E-state index in [2.05, 4.69) is 34.3 Å². The van der Waals surface area contributed by atoms with Crippen LogP contribution in [-0.4, -0.2) is 23.6 Å². The third-order valence-electron chi connectivity index (χ3n) is 4.12. The Labute approximate surface area is 110 Å². The molecule has 2 aliphatic rings. The molecule has 2 fully saturated rings. The van der Waals surface area contributed by atoms with Crippen LogP contribution in [0.2, 0.25) is 0 Å². The van der Waals surface area contributed by atoms with Crippen molar-refractivity contribution in [1.29, 1.82) is 0 Å². The second-order valence-electron chi connectivity index (χ2n) is 5.58. The fourth-order valence-corrected chi connectivity index (χ4v) is 2.80. The van der Waals surface area contributed by atoms with Crippen LogP contribution >= 0.6 is 0 Å². The van der Waals surface area contributed by atoms with Crippen molar-refractivity contribution in [2.45, 2.75) is 57.7 Å². The molecule has 1 unspecified atom stereocenters. The second kappa shape index (κ2) is 5.27. The minimum Gasteiger partial charge on any atom is -0.354 e. The van der Waals surface area contributed by atoms with Crippen molar-refractivity contribution >= 4 is 5.82 Å². The van der Waals surface area contributed by atoms with Gasteiger partial charge in [0.1, 0.15) is 5.82 Å². The summed E-state index contributed by atoms with van der Waals surface area (Å²) < 4.78 is 0. The standard InChI is InChI=1S/C15H23N3/c1-2-14-4-3-9-18(14)15-8-5-12(11-17-15)10-16-13-6-7-13/h5,8,11,13-14,16H,2-4,6-7,9-10H2,1H3. The van der Waals surface area contributed by atoms with Crippen molar-refractivity contribution in [2.75, 3.05) is 11.4 Å². The topological polar surface area (TPSA) is 28.2 Å². The Kier molecular flexibility index (Phi) is 3.50. The van der Waals surface area contributed by atoms with Crippen LogP contribution < -0.4 is 10.2 Å². The van der Waals surface area contributed by atoms with E-state index in [4.69, 9.17) is 0 Å². The van der Waals surface area contributed by atoms with Gasteiger partial charge in [0.2, 0.25) is 0 Å². The van der Waals surface area contributed by atoms with Crippen LogP contribution in [0.15, 0.2) is 18.3 Å². The number of nitrogens with one attached hydrogen (secondary N) is 1. The Morgan fingerprint density at radius 2 is 2.22 bits per heavy atom. The molecule has 3 nitrogen and oxygen atoms in total. The number of hydrogen-bond acceptors (Lipinski definition) is 3. The maximum absolute atomic E-state index is 4.64. The molecule has 0 aromatic carbocycles. The fourth-order valence-electron chi connectivity index (χ4n) is 2.80. The summed E-state index contributed by atoms with van der Waals surface area (Å²) in [5.74, 6) is 1.16. The Morgan fingerprint density at radius 1 is 1.33 bits per heavy atom. The first-order valence-corrected chi connectivity index (χ1v) is 7.32. The molecule has 18 heavy (non-hydrogen) atoms. The second-order valence-corrected chi connectivity index (χ2v) is 5.58. The fraction of sp³-hybridized carbons (Fsp3) is 0.667.